The van der Waals surface area contributed by atoms with Crippen molar-refractivity contribution in [2.45, 2.75) is 13.8 Å². The number of pyridine rings is 1. The molecule has 1 aromatic carbocycles. The lowest BCUT2D eigenvalue weighted by molar-refractivity contribution is 0.314. The Bertz CT molecular complexity index is 1090. The second-order valence-corrected chi connectivity index (χ2v) is 6.65. The van der Waals surface area contributed by atoms with Gasteiger partial charge in [0.1, 0.15) is 5.01 Å². The molecule has 3 heterocycles. The Hall–Kier alpha value is -3.19. The van der Waals surface area contributed by atoms with Crippen molar-refractivity contribution in [3.8, 4) is 16.6 Å². The smallest absolute Gasteiger partial charge is 0.315 e. The lowest BCUT2D eigenvalue weighted by Gasteiger charge is -2.01. The van der Waals surface area contributed by atoms with Crippen molar-refractivity contribution in [3.05, 3.63) is 65.6 Å². The van der Waals surface area contributed by atoms with Crippen LogP contribution in [0.1, 0.15) is 17.5 Å². The fourth-order valence-electron chi connectivity index (χ4n) is 2.49. The van der Waals surface area contributed by atoms with Crippen LogP contribution in [-0.2, 0) is 0 Å². The summed E-state index contributed by atoms with van der Waals surface area (Å²) in [5, 5.41) is 6.05. The van der Waals surface area contributed by atoms with Crippen molar-refractivity contribution >= 4 is 28.0 Å². The molecular weight excluding hydrogens is 346 g/mol. The van der Waals surface area contributed by atoms with Gasteiger partial charge in [0.15, 0.2) is 0 Å². The summed E-state index contributed by atoms with van der Waals surface area (Å²) < 4.78 is 0. The minimum absolute atomic E-state index is 0.220. The summed E-state index contributed by atoms with van der Waals surface area (Å²) in [6.45, 7) is 3.84. The minimum atomic E-state index is 0.220. The normalized spacial score (nSPS) is 11.7. The molecule has 0 aliphatic rings. The standard InChI is InChI=1S/C19H15N5OS/c1-12-17(26-18(22-12)15-7-5-9-20-10-15)13(2)24-25-19-21-11-14-6-3-4-8-16(14)23-19/h3-11H,1-2H3. The highest BCUT2D eigenvalue weighted by atomic mass is 32.1. The van der Waals surface area contributed by atoms with Gasteiger partial charge in [0.2, 0.25) is 0 Å². The molecular formula is C19H15N5OS. The molecule has 0 saturated heterocycles. The van der Waals surface area contributed by atoms with Crippen LogP contribution in [0.25, 0.3) is 21.5 Å². The molecule has 0 aliphatic carbocycles. The van der Waals surface area contributed by atoms with Gasteiger partial charge in [0, 0.05) is 29.5 Å². The monoisotopic (exact) mass is 361 g/mol. The van der Waals surface area contributed by atoms with Gasteiger partial charge >= 0.3 is 6.01 Å². The van der Waals surface area contributed by atoms with Gasteiger partial charge in [-0.15, -0.1) is 11.3 Å². The Morgan fingerprint density at radius 1 is 1.08 bits per heavy atom. The molecule has 0 unspecified atom stereocenters. The van der Waals surface area contributed by atoms with Crippen molar-refractivity contribution in [2.24, 2.45) is 5.16 Å². The van der Waals surface area contributed by atoms with Gasteiger partial charge in [0.25, 0.3) is 0 Å². The third-order valence-electron chi connectivity index (χ3n) is 3.76. The molecule has 0 spiro atoms. The van der Waals surface area contributed by atoms with E-state index >= 15 is 0 Å². The summed E-state index contributed by atoms with van der Waals surface area (Å²) in [5.41, 5.74) is 3.43. The number of fused-ring (bicyclic) bond motifs is 1. The summed E-state index contributed by atoms with van der Waals surface area (Å²) in [6.07, 6.45) is 5.27. The van der Waals surface area contributed by atoms with Crippen LogP contribution >= 0.6 is 11.3 Å². The maximum Gasteiger partial charge on any atom is 0.346 e. The van der Waals surface area contributed by atoms with Crippen molar-refractivity contribution < 1.29 is 4.84 Å². The Balaban J connectivity index is 1.58. The number of nitrogens with zero attached hydrogens (tertiary/aromatic N) is 5. The van der Waals surface area contributed by atoms with Crippen LogP contribution in [-0.4, -0.2) is 25.6 Å². The number of para-hydroxylation sites is 1. The van der Waals surface area contributed by atoms with Crippen LogP contribution in [0.4, 0.5) is 0 Å². The highest BCUT2D eigenvalue weighted by Gasteiger charge is 2.13. The van der Waals surface area contributed by atoms with Gasteiger partial charge in [-0.2, -0.15) is 4.98 Å². The maximum absolute atomic E-state index is 5.43. The first-order valence-electron chi connectivity index (χ1n) is 8.02. The number of rotatable bonds is 4. The van der Waals surface area contributed by atoms with E-state index in [1.54, 1.807) is 29.9 Å². The molecule has 0 saturated carbocycles. The predicted octanol–water partition coefficient (Wildman–Crippen LogP) is 4.26. The SMILES string of the molecule is CC(=NOc1ncc2ccccc2n1)c1sc(-c2cccnc2)nc1C. The molecule has 0 bridgehead atoms. The van der Waals surface area contributed by atoms with Gasteiger partial charge in [-0.3, -0.25) is 4.98 Å². The van der Waals surface area contributed by atoms with Crippen molar-refractivity contribution in [2.75, 3.05) is 0 Å². The Kier molecular flexibility index (Phi) is 4.37. The quantitative estimate of drug-likeness (QED) is 0.401. The van der Waals surface area contributed by atoms with Crippen LogP contribution in [0.5, 0.6) is 6.01 Å². The molecule has 0 fully saturated rings. The van der Waals surface area contributed by atoms with Crippen LogP contribution in [0.15, 0.2) is 60.1 Å². The highest BCUT2D eigenvalue weighted by molar-refractivity contribution is 7.17. The number of benzene rings is 1. The van der Waals surface area contributed by atoms with Gasteiger partial charge in [-0.25, -0.2) is 9.97 Å². The number of oxime groups is 1. The van der Waals surface area contributed by atoms with Gasteiger partial charge in [0.05, 0.1) is 21.8 Å². The molecule has 3 aromatic heterocycles. The lowest BCUT2D eigenvalue weighted by Crippen LogP contribution is -1.99. The maximum atomic E-state index is 5.43. The Labute approximate surface area is 154 Å². The summed E-state index contributed by atoms with van der Waals surface area (Å²) in [7, 11) is 0. The molecule has 7 heteroatoms. The summed E-state index contributed by atoms with van der Waals surface area (Å²) in [5.74, 6) is 0. The van der Waals surface area contributed by atoms with Crippen LogP contribution in [0.2, 0.25) is 0 Å². The molecule has 6 nitrogen and oxygen atoms in total. The number of hydrogen-bond donors (Lipinski definition) is 0. The Morgan fingerprint density at radius 3 is 2.81 bits per heavy atom. The summed E-state index contributed by atoms with van der Waals surface area (Å²) >= 11 is 1.56. The highest BCUT2D eigenvalue weighted by Crippen LogP contribution is 2.27. The first-order valence-corrected chi connectivity index (χ1v) is 8.84. The van der Waals surface area contributed by atoms with E-state index in [1.165, 1.54) is 0 Å². The fourth-order valence-corrected chi connectivity index (χ4v) is 3.49. The molecule has 0 aliphatic heterocycles. The molecule has 26 heavy (non-hydrogen) atoms. The lowest BCUT2D eigenvalue weighted by atomic mass is 10.2. The van der Waals surface area contributed by atoms with Crippen molar-refractivity contribution in [1.82, 2.24) is 19.9 Å². The minimum Gasteiger partial charge on any atom is -0.315 e. The van der Waals surface area contributed by atoms with E-state index < -0.39 is 0 Å². The van der Waals surface area contributed by atoms with Crippen molar-refractivity contribution in [3.63, 3.8) is 0 Å². The average Bonchev–Trinajstić information content (AvgIpc) is 3.08. The molecule has 0 radical (unpaired) electrons. The second-order valence-electron chi connectivity index (χ2n) is 5.65. The van der Waals surface area contributed by atoms with Gasteiger partial charge < -0.3 is 4.84 Å². The molecule has 4 rings (SSSR count). The van der Waals surface area contributed by atoms with Gasteiger partial charge in [-0.05, 0) is 32.0 Å². The summed E-state index contributed by atoms with van der Waals surface area (Å²) in [4.78, 5) is 23.7. The second kappa shape index (κ2) is 6.97. The van der Waals surface area contributed by atoms with Crippen LogP contribution < -0.4 is 4.84 Å². The van der Waals surface area contributed by atoms with Crippen LogP contribution in [0, 0.1) is 6.92 Å². The number of aromatic nitrogens is 4. The molecule has 0 atom stereocenters. The fraction of sp³-hybridized carbons (Fsp3) is 0.105. The predicted molar refractivity (Wildman–Crippen MR) is 102 cm³/mol. The van der Waals surface area contributed by atoms with E-state index in [-0.39, 0.29) is 6.01 Å². The molecule has 0 amide bonds. The van der Waals surface area contributed by atoms with E-state index in [9.17, 15) is 0 Å². The van der Waals surface area contributed by atoms with E-state index in [4.69, 9.17) is 4.84 Å². The third kappa shape index (κ3) is 3.29. The van der Waals surface area contributed by atoms with E-state index in [0.29, 0.717) is 0 Å². The number of thiazole rings is 1. The average molecular weight is 361 g/mol. The number of hydrogen-bond acceptors (Lipinski definition) is 7. The molecule has 128 valence electrons. The van der Waals surface area contributed by atoms with E-state index in [0.717, 1.165) is 37.8 Å². The van der Waals surface area contributed by atoms with Gasteiger partial charge in [-0.1, -0.05) is 23.4 Å². The van der Waals surface area contributed by atoms with E-state index in [2.05, 4.69) is 25.1 Å². The third-order valence-corrected chi connectivity index (χ3v) is 5.08. The zero-order valence-corrected chi connectivity index (χ0v) is 15.1. The Morgan fingerprint density at radius 2 is 1.96 bits per heavy atom. The zero-order valence-electron chi connectivity index (χ0n) is 14.2. The first-order chi connectivity index (χ1) is 12.7. The largest absolute Gasteiger partial charge is 0.346 e. The molecule has 4 aromatic rings. The molecule has 0 N–H and O–H groups in total. The van der Waals surface area contributed by atoms with E-state index in [1.807, 2.05) is 50.2 Å². The zero-order chi connectivity index (χ0) is 17.9. The number of aryl methyl sites for hydroxylation is 1. The van der Waals surface area contributed by atoms with Crippen molar-refractivity contribution in [1.29, 1.82) is 0 Å². The summed E-state index contributed by atoms with van der Waals surface area (Å²) in [6, 6.07) is 11.8. The topological polar surface area (TPSA) is 73.2 Å². The first kappa shape index (κ1) is 16.3. The van der Waals surface area contributed by atoms with Crippen LogP contribution in [0.3, 0.4) is 0 Å².